The van der Waals surface area contributed by atoms with Crippen molar-refractivity contribution >= 4 is 31.9 Å². The van der Waals surface area contributed by atoms with E-state index in [1.165, 1.54) is 17.5 Å². The Hall–Kier alpha value is 0.640. The van der Waals surface area contributed by atoms with Crippen molar-refractivity contribution < 1.29 is 20.8 Å². The van der Waals surface area contributed by atoms with Crippen molar-refractivity contribution in [2.24, 2.45) is 5.92 Å². The van der Waals surface area contributed by atoms with Gasteiger partial charge in [0.25, 0.3) is 0 Å². The fourth-order valence-corrected chi connectivity index (χ4v) is 5.27. The van der Waals surface area contributed by atoms with Crippen LogP contribution in [0.4, 0.5) is 0 Å². The Bertz CT molecular complexity index is 470. The quantitative estimate of drug-likeness (QED) is 0.558. The number of hydrogen-bond donors (Lipinski definition) is 0. The summed E-state index contributed by atoms with van der Waals surface area (Å²) < 4.78 is 0. The Labute approximate surface area is 144 Å². The van der Waals surface area contributed by atoms with Crippen molar-refractivity contribution in [3.8, 4) is 0 Å². The average Bonchev–Trinajstić information content (AvgIpc) is 2.64. The molecule has 1 aromatic rings. The molecule has 0 aromatic heterocycles. The van der Waals surface area contributed by atoms with E-state index in [1.807, 2.05) is 0 Å². The first-order chi connectivity index (χ1) is 9.40. The second kappa shape index (κ2) is 8.93. The summed E-state index contributed by atoms with van der Waals surface area (Å²) in [5.74, 6) is 0.745. The van der Waals surface area contributed by atoms with Gasteiger partial charge < -0.3 is 0 Å². The molecule has 1 aromatic carbocycles. The third-order valence-electron chi connectivity index (χ3n) is 3.67. The Balaban J connectivity index is 0.000000612. The van der Waals surface area contributed by atoms with Gasteiger partial charge in [0.1, 0.15) is 0 Å². The van der Waals surface area contributed by atoms with Gasteiger partial charge in [0.2, 0.25) is 0 Å². The zero-order valence-electron chi connectivity index (χ0n) is 13.0. The first-order valence-electron chi connectivity index (χ1n) is 7.18. The topological polar surface area (TPSA) is 0 Å². The molecule has 0 amide bonds. The van der Waals surface area contributed by atoms with E-state index in [0.29, 0.717) is 0 Å². The number of benzene rings is 1. The standard InChI is InChI=1S/C16H24Si.2ClH.Zr/c1-11(2)8-13-6-7-15-14(10-13)9-12(3)16(15)17(4)5;;;/h6-7,9-11,16-17H,8H2,1-5H3;2*1H;/q;;;+2/p-2. The van der Waals surface area contributed by atoms with Gasteiger partial charge in [-0.1, -0.05) is 56.8 Å². The van der Waals surface area contributed by atoms with Crippen LogP contribution in [0.15, 0.2) is 23.8 Å². The third-order valence-corrected chi connectivity index (χ3v) is 5.89. The molecule has 0 N–H and O–H groups in total. The summed E-state index contributed by atoms with van der Waals surface area (Å²) in [5, 5.41) is 0. The molecule has 1 unspecified atom stereocenters. The molecule has 0 radical (unpaired) electrons. The van der Waals surface area contributed by atoms with Crippen LogP contribution in [0.1, 0.15) is 43.0 Å². The van der Waals surface area contributed by atoms with Gasteiger partial charge in [-0.15, -0.1) is 0 Å². The van der Waals surface area contributed by atoms with E-state index >= 15 is 0 Å². The molecule has 0 aliphatic heterocycles. The Morgan fingerprint density at radius 2 is 1.85 bits per heavy atom. The Kier molecular flexibility index (Phi) is 8.35. The van der Waals surface area contributed by atoms with Crippen molar-refractivity contribution in [2.75, 3.05) is 0 Å². The second-order valence-corrected chi connectivity index (χ2v) is 13.1. The minimum atomic E-state index is -0.826. The maximum absolute atomic E-state index is 4.93. The van der Waals surface area contributed by atoms with Gasteiger partial charge in [-0.2, -0.15) is 0 Å². The second-order valence-electron chi connectivity index (χ2n) is 6.24. The van der Waals surface area contributed by atoms with Crippen LogP contribution in [0.5, 0.6) is 0 Å². The summed E-state index contributed by atoms with van der Waals surface area (Å²) in [6, 6.07) is 7.14. The molecule has 110 valence electrons. The normalized spacial score (nSPS) is 16.6. The maximum atomic E-state index is 4.93. The van der Waals surface area contributed by atoms with Crippen molar-refractivity contribution in [3.63, 3.8) is 0 Å². The summed E-state index contributed by atoms with van der Waals surface area (Å²) in [6.45, 7) is 11.8. The molecule has 0 heterocycles. The number of halogens is 2. The molecule has 1 aliphatic carbocycles. The van der Waals surface area contributed by atoms with Gasteiger partial charge in [0.15, 0.2) is 0 Å². The number of rotatable bonds is 3. The molecule has 1 aliphatic rings. The van der Waals surface area contributed by atoms with Gasteiger partial charge in [0, 0.05) is 8.80 Å². The zero-order chi connectivity index (χ0) is 15.3. The molecule has 0 saturated carbocycles. The van der Waals surface area contributed by atoms with Crippen LogP contribution in [-0.4, -0.2) is 8.80 Å². The SMILES string of the molecule is CC1=Cc2cc(CC(C)C)ccc2C1[SiH](C)C.[Cl][Zr][Cl]. The van der Waals surface area contributed by atoms with Gasteiger partial charge in [-0.25, -0.2) is 0 Å². The van der Waals surface area contributed by atoms with E-state index in [9.17, 15) is 0 Å². The molecule has 4 heteroatoms. The predicted molar refractivity (Wildman–Crippen MR) is 92.0 cm³/mol. The first kappa shape index (κ1) is 18.7. The van der Waals surface area contributed by atoms with Crippen LogP contribution in [0.3, 0.4) is 0 Å². The monoisotopic (exact) mass is 404 g/mol. The summed E-state index contributed by atoms with van der Waals surface area (Å²) in [7, 11) is 9.24. The van der Waals surface area contributed by atoms with Gasteiger partial charge in [-0.05, 0) is 41.5 Å². The van der Waals surface area contributed by atoms with Gasteiger partial charge >= 0.3 is 37.9 Å². The van der Waals surface area contributed by atoms with Crippen LogP contribution in [-0.2, 0) is 27.3 Å². The molecule has 1 atom stereocenters. The molecular formula is C16H24Cl2SiZr. The van der Waals surface area contributed by atoms with Crippen LogP contribution in [0.25, 0.3) is 6.08 Å². The van der Waals surface area contributed by atoms with Crippen LogP contribution in [0, 0.1) is 5.92 Å². The van der Waals surface area contributed by atoms with Crippen LogP contribution in [0.2, 0.25) is 13.1 Å². The predicted octanol–water partition coefficient (Wildman–Crippen LogP) is 5.79. The summed E-state index contributed by atoms with van der Waals surface area (Å²) in [5.41, 5.74) is 6.94. The minimum absolute atomic E-state index is 0.631. The zero-order valence-corrected chi connectivity index (χ0v) is 18.1. The van der Waals surface area contributed by atoms with Gasteiger partial charge in [0.05, 0.1) is 0 Å². The fourth-order valence-electron chi connectivity index (χ4n) is 3.10. The molecule has 20 heavy (non-hydrogen) atoms. The average molecular weight is 407 g/mol. The van der Waals surface area contributed by atoms with E-state index in [1.54, 1.807) is 11.1 Å². The summed E-state index contributed by atoms with van der Waals surface area (Å²) in [4.78, 5) is 0. The molecule has 2 rings (SSSR count). The van der Waals surface area contributed by atoms with Crippen LogP contribution < -0.4 is 0 Å². The van der Waals surface area contributed by atoms with E-state index in [4.69, 9.17) is 17.0 Å². The summed E-state index contributed by atoms with van der Waals surface area (Å²) >= 11 is -0.826. The van der Waals surface area contributed by atoms with Crippen LogP contribution >= 0.6 is 17.0 Å². The van der Waals surface area contributed by atoms with E-state index in [2.05, 4.69) is 58.1 Å². The molecule has 0 spiro atoms. The fraction of sp³-hybridized carbons (Fsp3) is 0.500. The third kappa shape index (κ3) is 5.13. The molecule has 0 nitrogen and oxygen atoms in total. The molecule has 0 fully saturated rings. The van der Waals surface area contributed by atoms with Crippen molar-refractivity contribution in [3.05, 3.63) is 40.5 Å². The number of allylic oxidation sites excluding steroid dienone is 1. The number of hydrogen-bond acceptors (Lipinski definition) is 0. The van der Waals surface area contributed by atoms with Crippen molar-refractivity contribution in [1.29, 1.82) is 0 Å². The van der Waals surface area contributed by atoms with Crippen molar-refractivity contribution in [2.45, 2.75) is 45.8 Å². The molecule has 0 bridgehead atoms. The van der Waals surface area contributed by atoms with E-state index in [-0.39, 0.29) is 0 Å². The first-order valence-corrected chi connectivity index (χ1v) is 16.5. The number of fused-ring (bicyclic) bond motifs is 1. The molecule has 0 saturated heterocycles. The van der Waals surface area contributed by atoms with Gasteiger partial charge in [-0.3, -0.25) is 0 Å². The summed E-state index contributed by atoms with van der Waals surface area (Å²) in [6.07, 6.45) is 3.61. The Morgan fingerprint density at radius 1 is 1.25 bits per heavy atom. The Morgan fingerprint density at radius 3 is 2.35 bits per heavy atom. The van der Waals surface area contributed by atoms with Crippen molar-refractivity contribution in [1.82, 2.24) is 0 Å². The molecular weight excluding hydrogens is 382 g/mol. The van der Waals surface area contributed by atoms with E-state index < -0.39 is 29.6 Å². The van der Waals surface area contributed by atoms with E-state index in [0.717, 1.165) is 11.5 Å².